The third-order valence-electron chi connectivity index (χ3n) is 4.54. The molecule has 0 aliphatic heterocycles. The lowest BCUT2D eigenvalue weighted by Crippen LogP contribution is -2.51. The Morgan fingerprint density at radius 2 is 1.50 bits per heavy atom. The molecule has 0 spiro atoms. The van der Waals surface area contributed by atoms with Crippen LogP contribution in [0.15, 0.2) is 54.6 Å². The van der Waals surface area contributed by atoms with Crippen LogP contribution in [0.5, 0.6) is 0 Å². The molecule has 2 aromatic carbocycles. The number of fused-ring (bicyclic) bond motifs is 1. The average Bonchev–Trinajstić information content (AvgIpc) is 2.53. The number of carboxylic acids is 2. The van der Waals surface area contributed by atoms with E-state index in [1.807, 2.05) is 30.3 Å². The van der Waals surface area contributed by atoms with E-state index in [-0.39, 0.29) is 0 Å². The normalized spacial score (nSPS) is 19.2. The number of carboxylic acid groups (broad SMARTS) is 2. The van der Waals surface area contributed by atoms with Gasteiger partial charge in [-0.25, -0.2) is 0 Å². The molecule has 0 fully saturated rings. The maximum absolute atomic E-state index is 12.1. The molecule has 1 atom stereocenters. The van der Waals surface area contributed by atoms with E-state index >= 15 is 0 Å². The Balaban J connectivity index is 2.28. The molecule has 4 heteroatoms. The Kier molecular flexibility index (Phi) is 3.45. The zero-order chi connectivity index (χ0) is 15.7. The quantitative estimate of drug-likeness (QED) is 0.854. The highest BCUT2D eigenvalue weighted by atomic mass is 16.4. The summed E-state index contributed by atoms with van der Waals surface area (Å²) in [4.78, 5) is 24.2. The van der Waals surface area contributed by atoms with Crippen LogP contribution in [0.25, 0.3) is 0 Å². The molecular weight excluding hydrogens is 280 g/mol. The Morgan fingerprint density at radius 3 is 2.14 bits per heavy atom. The van der Waals surface area contributed by atoms with Crippen LogP contribution >= 0.6 is 0 Å². The lowest BCUT2D eigenvalue weighted by atomic mass is 9.61. The molecule has 0 saturated heterocycles. The molecule has 0 aromatic heterocycles. The van der Waals surface area contributed by atoms with Crippen LogP contribution in [0.4, 0.5) is 0 Å². The van der Waals surface area contributed by atoms with Gasteiger partial charge in [0.25, 0.3) is 0 Å². The first kappa shape index (κ1) is 14.3. The number of benzene rings is 2. The van der Waals surface area contributed by atoms with Crippen LogP contribution < -0.4 is 0 Å². The summed E-state index contributed by atoms with van der Waals surface area (Å²) in [5.41, 5.74) is 0.0207. The monoisotopic (exact) mass is 296 g/mol. The summed E-state index contributed by atoms with van der Waals surface area (Å²) in [6, 6.07) is 16.0. The maximum Gasteiger partial charge on any atom is 0.326 e. The molecular formula is C18H16O4. The van der Waals surface area contributed by atoms with Gasteiger partial charge in [-0.3, -0.25) is 9.59 Å². The van der Waals surface area contributed by atoms with E-state index in [1.54, 1.807) is 24.3 Å². The SMILES string of the molecule is O=C(O)C1(C(=O)O)c2ccccc2CCC1c1ccccc1. The van der Waals surface area contributed by atoms with Crippen molar-refractivity contribution in [2.75, 3.05) is 0 Å². The predicted octanol–water partition coefficient (Wildman–Crippen LogP) is 2.82. The number of aryl methyl sites for hydroxylation is 1. The molecule has 4 nitrogen and oxygen atoms in total. The highest BCUT2D eigenvalue weighted by Crippen LogP contribution is 2.47. The first-order valence-electron chi connectivity index (χ1n) is 7.18. The minimum atomic E-state index is -1.93. The minimum absolute atomic E-state index is 0.398. The molecule has 1 aliphatic carbocycles. The van der Waals surface area contributed by atoms with Gasteiger partial charge in [0.1, 0.15) is 0 Å². The molecule has 0 radical (unpaired) electrons. The lowest BCUT2D eigenvalue weighted by Gasteiger charge is -2.39. The zero-order valence-corrected chi connectivity index (χ0v) is 11.9. The van der Waals surface area contributed by atoms with Crippen LogP contribution in [-0.4, -0.2) is 22.2 Å². The van der Waals surface area contributed by atoms with Crippen molar-refractivity contribution in [1.82, 2.24) is 0 Å². The second-order valence-corrected chi connectivity index (χ2v) is 5.58. The summed E-state index contributed by atoms with van der Waals surface area (Å²) in [6.45, 7) is 0. The third-order valence-corrected chi connectivity index (χ3v) is 4.54. The largest absolute Gasteiger partial charge is 0.480 e. The molecule has 0 saturated carbocycles. The van der Waals surface area contributed by atoms with Crippen molar-refractivity contribution < 1.29 is 19.8 Å². The van der Waals surface area contributed by atoms with Crippen LogP contribution in [0, 0.1) is 0 Å². The fraction of sp³-hybridized carbons (Fsp3) is 0.222. The molecule has 1 unspecified atom stereocenters. The van der Waals surface area contributed by atoms with E-state index in [2.05, 4.69) is 0 Å². The summed E-state index contributed by atoms with van der Waals surface area (Å²) < 4.78 is 0. The fourth-order valence-corrected chi connectivity index (χ4v) is 3.55. The molecule has 0 bridgehead atoms. The standard InChI is InChI=1S/C18H16O4/c19-16(20)18(17(21)22)14-9-5-4-8-13(14)10-11-15(18)12-6-2-1-3-7-12/h1-9,15H,10-11H2,(H,19,20)(H,21,22). The van der Waals surface area contributed by atoms with E-state index in [1.165, 1.54) is 0 Å². The fourth-order valence-electron chi connectivity index (χ4n) is 3.55. The molecule has 112 valence electrons. The lowest BCUT2D eigenvalue weighted by molar-refractivity contribution is -0.159. The first-order valence-corrected chi connectivity index (χ1v) is 7.18. The van der Waals surface area contributed by atoms with Gasteiger partial charge in [-0.1, -0.05) is 54.6 Å². The smallest absolute Gasteiger partial charge is 0.326 e. The predicted molar refractivity (Wildman–Crippen MR) is 80.9 cm³/mol. The Bertz CT molecular complexity index is 707. The first-order chi connectivity index (χ1) is 10.6. The van der Waals surface area contributed by atoms with Crippen LogP contribution in [0.1, 0.15) is 29.0 Å². The van der Waals surface area contributed by atoms with Gasteiger partial charge in [-0.2, -0.15) is 0 Å². The van der Waals surface area contributed by atoms with Crippen molar-refractivity contribution in [2.45, 2.75) is 24.2 Å². The van der Waals surface area contributed by atoms with Gasteiger partial charge in [0.05, 0.1) is 0 Å². The van der Waals surface area contributed by atoms with Crippen molar-refractivity contribution in [2.24, 2.45) is 0 Å². The highest BCUT2D eigenvalue weighted by molar-refractivity contribution is 6.06. The summed E-state index contributed by atoms with van der Waals surface area (Å²) in [5, 5.41) is 19.7. The Labute approximate surface area is 128 Å². The van der Waals surface area contributed by atoms with Gasteiger partial charge in [-0.15, -0.1) is 0 Å². The molecule has 2 aromatic rings. The van der Waals surface area contributed by atoms with Gasteiger partial charge >= 0.3 is 11.9 Å². The molecule has 0 heterocycles. The van der Waals surface area contributed by atoms with Gasteiger partial charge in [0, 0.05) is 5.92 Å². The van der Waals surface area contributed by atoms with Crippen molar-refractivity contribution in [3.8, 4) is 0 Å². The Morgan fingerprint density at radius 1 is 0.909 bits per heavy atom. The van der Waals surface area contributed by atoms with E-state index in [0.717, 1.165) is 11.1 Å². The van der Waals surface area contributed by atoms with Crippen LogP contribution in [-0.2, 0) is 21.4 Å². The Hall–Kier alpha value is -2.62. The van der Waals surface area contributed by atoms with Crippen molar-refractivity contribution in [3.05, 3.63) is 71.3 Å². The summed E-state index contributed by atoms with van der Waals surface area (Å²) in [5.74, 6) is -3.19. The van der Waals surface area contributed by atoms with Gasteiger partial charge < -0.3 is 10.2 Å². The van der Waals surface area contributed by atoms with Crippen LogP contribution in [0.3, 0.4) is 0 Å². The maximum atomic E-state index is 12.1. The van der Waals surface area contributed by atoms with E-state index < -0.39 is 23.3 Å². The zero-order valence-electron chi connectivity index (χ0n) is 11.9. The summed E-state index contributed by atoms with van der Waals surface area (Å²) >= 11 is 0. The molecule has 1 aliphatic rings. The molecule has 2 N–H and O–H groups in total. The second-order valence-electron chi connectivity index (χ2n) is 5.58. The highest BCUT2D eigenvalue weighted by Gasteiger charge is 2.57. The van der Waals surface area contributed by atoms with E-state index in [9.17, 15) is 19.8 Å². The van der Waals surface area contributed by atoms with Gasteiger partial charge in [0.2, 0.25) is 0 Å². The van der Waals surface area contributed by atoms with Crippen molar-refractivity contribution >= 4 is 11.9 Å². The molecule has 0 amide bonds. The minimum Gasteiger partial charge on any atom is -0.480 e. The second kappa shape index (κ2) is 5.30. The van der Waals surface area contributed by atoms with E-state index in [0.29, 0.717) is 18.4 Å². The number of hydrogen-bond donors (Lipinski definition) is 2. The number of carbonyl (C=O) groups is 2. The third kappa shape index (κ3) is 1.91. The molecule has 3 rings (SSSR count). The van der Waals surface area contributed by atoms with Crippen LogP contribution in [0.2, 0.25) is 0 Å². The molecule has 22 heavy (non-hydrogen) atoms. The summed E-state index contributed by atoms with van der Waals surface area (Å²) in [7, 11) is 0. The van der Waals surface area contributed by atoms with E-state index in [4.69, 9.17) is 0 Å². The number of hydrogen-bond acceptors (Lipinski definition) is 2. The average molecular weight is 296 g/mol. The van der Waals surface area contributed by atoms with Gasteiger partial charge in [0.15, 0.2) is 5.41 Å². The topological polar surface area (TPSA) is 74.6 Å². The summed E-state index contributed by atoms with van der Waals surface area (Å²) in [6.07, 6.45) is 1.18. The van der Waals surface area contributed by atoms with Gasteiger partial charge in [-0.05, 0) is 29.5 Å². The van der Waals surface area contributed by atoms with Crippen molar-refractivity contribution in [3.63, 3.8) is 0 Å². The number of aliphatic carboxylic acids is 2. The van der Waals surface area contributed by atoms with Crippen molar-refractivity contribution in [1.29, 1.82) is 0 Å². The number of rotatable bonds is 3.